The van der Waals surface area contributed by atoms with E-state index >= 15 is 0 Å². The molecule has 0 aliphatic rings. The van der Waals surface area contributed by atoms with Gasteiger partial charge in [0.05, 0.1) is 7.11 Å². The Morgan fingerprint density at radius 3 is 2.39 bits per heavy atom. The van der Waals surface area contributed by atoms with Crippen molar-refractivity contribution in [3.63, 3.8) is 0 Å². The largest absolute Gasteiger partial charge is 0.497 e. The van der Waals surface area contributed by atoms with Gasteiger partial charge in [-0.15, -0.1) is 0 Å². The maximum absolute atomic E-state index is 13.0. The maximum atomic E-state index is 13.0. The van der Waals surface area contributed by atoms with Crippen LogP contribution in [0.25, 0.3) is 22.1 Å². The molecule has 0 bridgehead atoms. The third kappa shape index (κ3) is 4.19. The molecule has 4 aromatic rings. The molecule has 1 heterocycles. The molecule has 3 aromatic carbocycles. The minimum absolute atomic E-state index is 0.222. The number of ketones is 1. The first-order valence-electron chi connectivity index (χ1n) is 9.59. The lowest BCUT2D eigenvalue weighted by Gasteiger charge is -2.12. The number of methoxy groups -OCH3 is 1. The maximum Gasteiger partial charge on any atom is 0.336 e. The first-order chi connectivity index (χ1) is 15.0. The molecule has 0 spiro atoms. The monoisotopic (exact) mass is 418 g/mol. The Labute approximate surface area is 177 Å². The second kappa shape index (κ2) is 8.44. The quantitative estimate of drug-likeness (QED) is 0.319. The van der Waals surface area contributed by atoms with Crippen molar-refractivity contribution in [1.82, 2.24) is 0 Å². The van der Waals surface area contributed by atoms with Crippen molar-refractivity contribution in [2.24, 2.45) is 0 Å². The van der Waals surface area contributed by atoms with Crippen LogP contribution in [0.1, 0.15) is 15.9 Å². The Morgan fingerprint density at radius 2 is 1.71 bits per heavy atom. The molecular weight excluding hydrogens is 399 g/mol. The second-order valence-electron chi connectivity index (χ2n) is 6.99. The number of carbonyl (C=O) groups excluding carboxylic acids is 1. The predicted octanol–water partition coefficient (Wildman–Crippen LogP) is 5.18. The number of halogens is 1. The van der Waals surface area contributed by atoms with Crippen molar-refractivity contribution in [3.05, 3.63) is 94.1 Å². The van der Waals surface area contributed by atoms with E-state index in [0.717, 1.165) is 16.5 Å². The summed E-state index contributed by atoms with van der Waals surface area (Å²) in [6.45, 7) is 1.54. The van der Waals surface area contributed by atoms with Gasteiger partial charge in [-0.25, -0.2) is 9.18 Å². The fourth-order valence-electron chi connectivity index (χ4n) is 3.37. The average molecular weight is 418 g/mol. The summed E-state index contributed by atoms with van der Waals surface area (Å²) in [6.07, 6.45) is 0. The smallest absolute Gasteiger partial charge is 0.336 e. The van der Waals surface area contributed by atoms with Gasteiger partial charge in [0, 0.05) is 22.6 Å². The highest BCUT2D eigenvalue weighted by molar-refractivity contribution is 5.98. The van der Waals surface area contributed by atoms with Crippen LogP contribution in [0, 0.1) is 12.7 Å². The van der Waals surface area contributed by atoms with E-state index in [0.29, 0.717) is 28.2 Å². The highest BCUT2D eigenvalue weighted by Gasteiger charge is 2.15. The fraction of sp³-hybridized carbons (Fsp3) is 0.120. The Morgan fingerprint density at radius 1 is 1.00 bits per heavy atom. The first-order valence-corrected chi connectivity index (χ1v) is 9.59. The normalized spacial score (nSPS) is 10.8. The number of aryl methyl sites for hydroxylation is 1. The molecule has 4 rings (SSSR count). The predicted molar refractivity (Wildman–Crippen MR) is 115 cm³/mol. The highest BCUT2D eigenvalue weighted by atomic mass is 19.1. The number of hydrogen-bond donors (Lipinski definition) is 0. The van der Waals surface area contributed by atoms with Crippen LogP contribution in [0.5, 0.6) is 11.5 Å². The van der Waals surface area contributed by atoms with Crippen LogP contribution in [0.4, 0.5) is 4.39 Å². The number of Topliss-reactive ketones (excluding diaryl/α,β-unsaturated/α-hetero) is 1. The standard InChI is InChI=1S/C25H19FO5/c1-15-23(30-14-22(27)17-3-7-18(26)8-4-17)12-11-20-21(13-24(28)31-25(15)20)16-5-9-19(29-2)10-6-16/h3-13H,14H2,1-2H3. The second-order valence-corrected chi connectivity index (χ2v) is 6.99. The lowest BCUT2D eigenvalue weighted by Crippen LogP contribution is -2.12. The van der Waals surface area contributed by atoms with Crippen molar-refractivity contribution < 1.29 is 23.1 Å². The highest BCUT2D eigenvalue weighted by Crippen LogP contribution is 2.33. The summed E-state index contributed by atoms with van der Waals surface area (Å²) in [7, 11) is 1.59. The van der Waals surface area contributed by atoms with E-state index in [4.69, 9.17) is 13.9 Å². The topological polar surface area (TPSA) is 65.7 Å². The molecule has 0 amide bonds. The molecule has 0 aliphatic heterocycles. The molecule has 0 radical (unpaired) electrons. The van der Waals surface area contributed by atoms with Crippen LogP contribution >= 0.6 is 0 Å². The molecule has 0 N–H and O–H groups in total. The Hall–Kier alpha value is -3.93. The SMILES string of the molecule is COc1ccc(-c2cc(=O)oc3c(C)c(OCC(=O)c4ccc(F)cc4)ccc23)cc1. The summed E-state index contributed by atoms with van der Waals surface area (Å²) >= 11 is 0. The lowest BCUT2D eigenvalue weighted by molar-refractivity contribution is 0.0921. The molecule has 31 heavy (non-hydrogen) atoms. The molecule has 5 nitrogen and oxygen atoms in total. The Bertz CT molecular complexity index is 1310. The van der Waals surface area contributed by atoms with E-state index in [-0.39, 0.29) is 12.4 Å². The minimum atomic E-state index is -0.485. The zero-order valence-corrected chi connectivity index (χ0v) is 17.0. The van der Waals surface area contributed by atoms with E-state index in [9.17, 15) is 14.0 Å². The number of ether oxygens (including phenoxy) is 2. The number of fused-ring (bicyclic) bond motifs is 1. The van der Waals surface area contributed by atoms with E-state index < -0.39 is 11.4 Å². The fourth-order valence-corrected chi connectivity index (χ4v) is 3.37. The van der Waals surface area contributed by atoms with Crippen molar-refractivity contribution in [1.29, 1.82) is 0 Å². The van der Waals surface area contributed by atoms with Gasteiger partial charge in [-0.1, -0.05) is 12.1 Å². The van der Waals surface area contributed by atoms with Gasteiger partial charge in [0.15, 0.2) is 12.4 Å². The van der Waals surface area contributed by atoms with E-state index in [1.165, 1.54) is 30.3 Å². The van der Waals surface area contributed by atoms with Crippen molar-refractivity contribution in [3.8, 4) is 22.6 Å². The van der Waals surface area contributed by atoms with E-state index in [1.807, 2.05) is 24.3 Å². The zero-order valence-electron chi connectivity index (χ0n) is 17.0. The summed E-state index contributed by atoms with van der Waals surface area (Å²) < 4.78 is 29.4. The van der Waals surface area contributed by atoms with Gasteiger partial charge in [0.25, 0.3) is 0 Å². The Balaban J connectivity index is 1.66. The van der Waals surface area contributed by atoms with Crippen LogP contribution < -0.4 is 15.1 Å². The molecule has 0 saturated heterocycles. The van der Waals surface area contributed by atoms with Crippen molar-refractivity contribution in [2.75, 3.05) is 13.7 Å². The summed E-state index contributed by atoms with van der Waals surface area (Å²) in [5.41, 5.74) is 2.44. The van der Waals surface area contributed by atoms with Gasteiger partial charge < -0.3 is 13.9 Å². The number of carbonyl (C=O) groups is 1. The molecule has 0 aliphatic carbocycles. The van der Waals surface area contributed by atoms with Crippen molar-refractivity contribution >= 4 is 16.8 Å². The summed E-state index contributed by atoms with van der Waals surface area (Å²) in [6, 6.07) is 17.6. The van der Waals surface area contributed by atoms with Gasteiger partial charge in [-0.2, -0.15) is 0 Å². The average Bonchev–Trinajstić information content (AvgIpc) is 2.79. The van der Waals surface area contributed by atoms with Gasteiger partial charge >= 0.3 is 5.63 Å². The lowest BCUT2D eigenvalue weighted by atomic mass is 10.00. The number of benzene rings is 3. The third-order valence-corrected chi connectivity index (χ3v) is 5.04. The van der Waals surface area contributed by atoms with Crippen LogP contribution in [0.3, 0.4) is 0 Å². The summed E-state index contributed by atoms with van der Waals surface area (Å²) in [5, 5.41) is 0.750. The zero-order chi connectivity index (χ0) is 22.0. The van der Waals surface area contributed by atoms with Gasteiger partial charge in [0.2, 0.25) is 0 Å². The molecule has 0 saturated carbocycles. The number of hydrogen-bond acceptors (Lipinski definition) is 5. The molecule has 6 heteroatoms. The summed E-state index contributed by atoms with van der Waals surface area (Å²) in [4.78, 5) is 24.5. The van der Waals surface area contributed by atoms with Gasteiger partial charge in [-0.05, 0) is 66.6 Å². The number of rotatable bonds is 6. The van der Waals surface area contributed by atoms with Crippen LogP contribution in [0.15, 0.2) is 75.9 Å². The van der Waals surface area contributed by atoms with Gasteiger partial charge in [0.1, 0.15) is 22.9 Å². The Kier molecular flexibility index (Phi) is 5.54. The molecule has 0 fully saturated rings. The minimum Gasteiger partial charge on any atom is -0.497 e. The van der Waals surface area contributed by atoms with Crippen molar-refractivity contribution in [2.45, 2.75) is 6.92 Å². The molecular formula is C25H19FO5. The molecule has 0 atom stereocenters. The van der Waals surface area contributed by atoms with Crippen LogP contribution in [-0.4, -0.2) is 19.5 Å². The first kappa shape index (κ1) is 20.3. The third-order valence-electron chi connectivity index (χ3n) is 5.04. The molecule has 0 unspecified atom stereocenters. The van der Waals surface area contributed by atoms with Crippen LogP contribution in [0.2, 0.25) is 0 Å². The van der Waals surface area contributed by atoms with Gasteiger partial charge in [-0.3, -0.25) is 4.79 Å². The summed E-state index contributed by atoms with van der Waals surface area (Å²) in [5.74, 6) is 0.449. The van der Waals surface area contributed by atoms with E-state index in [2.05, 4.69) is 0 Å². The van der Waals surface area contributed by atoms with E-state index in [1.54, 1.807) is 26.2 Å². The molecule has 156 valence electrons. The van der Waals surface area contributed by atoms with Crippen LogP contribution in [-0.2, 0) is 0 Å². The molecule has 1 aromatic heterocycles.